The molecule has 3 heterocycles. The molecule has 30 heavy (non-hydrogen) atoms. The van der Waals surface area contributed by atoms with Crippen LogP contribution in [0.15, 0.2) is 29.7 Å². The number of pyridine rings is 1. The Labute approximate surface area is 175 Å². The molecule has 0 aromatic carbocycles. The molecule has 0 amide bonds. The summed E-state index contributed by atoms with van der Waals surface area (Å²) in [5, 5.41) is 0. The van der Waals surface area contributed by atoms with Gasteiger partial charge >= 0.3 is 5.97 Å². The van der Waals surface area contributed by atoms with Crippen LogP contribution < -0.4 is 0 Å². The molecule has 2 aliphatic carbocycles. The van der Waals surface area contributed by atoms with Crippen molar-refractivity contribution >= 4 is 17.5 Å². The summed E-state index contributed by atoms with van der Waals surface area (Å²) >= 11 is 0. The average Bonchev–Trinajstić information content (AvgIpc) is 2.97. The molecule has 1 saturated heterocycles. The second-order valence-electron chi connectivity index (χ2n) is 9.43. The van der Waals surface area contributed by atoms with Gasteiger partial charge in [0.25, 0.3) is 0 Å². The molecule has 0 radical (unpaired) electrons. The molecule has 1 fully saturated rings. The maximum Gasteiger partial charge on any atom is 0.320 e. The van der Waals surface area contributed by atoms with Crippen molar-refractivity contribution in [1.29, 1.82) is 0 Å². The van der Waals surface area contributed by atoms with E-state index < -0.39 is 12.0 Å². The molecule has 0 spiro atoms. The highest BCUT2D eigenvalue weighted by Gasteiger charge is 2.58. The maximum atomic E-state index is 13.3. The van der Waals surface area contributed by atoms with Gasteiger partial charge in [0, 0.05) is 37.1 Å². The number of likely N-dealkylation sites (tertiary alicyclic amines) is 1. The van der Waals surface area contributed by atoms with E-state index in [1.165, 1.54) is 0 Å². The minimum absolute atomic E-state index is 0.00542. The van der Waals surface area contributed by atoms with E-state index in [2.05, 4.69) is 18.8 Å². The van der Waals surface area contributed by atoms with Crippen molar-refractivity contribution in [3.63, 3.8) is 0 Å². The number of carbonyl (C=O) groups excluding carboxylic acids is 3. The molecule has 2 aliphatic heterocycles. The Morgan fingerprint density at radius 3 is 2.90 bits per heavy atom. The number of rotatable bonds is 3. The number of ether oxygens (including phenoxy) is 2. The number of hydrogen-bond donors (Lipinski definition) is 0. The molecule has 4 aliphatic rings. The van der Waals surface area contributed by atoms with Crippen LogP contribution in [-0.2, 0) is 19.1 Å². The number of piperidine rings is 1. The van der Waals surface area contributed by atoms with Gasteiger partial charge in [-0.25, -0.2) is 0 Å². The molecule has 1 aromatic heterocycles. The SMILES string of the molecule is CCOC(=O)CN1C2CC(OC3=C2C(=O)CC(C)(C)C3)C2C(=O)c3cccnc3C21. The van der Waals surface area contributed by atoms with E-state index >= 15 is 0 Å². The van der Waals surface area contributed by atoms with Crippen LogP contribution in [0, 0.1) is 11.3 Å². The number of fused-ring (bicyclic) bond motifs is 7. The van der Waals surface area contributed by atoms with E-state index in [0.29, 0.717) is 41.9 Å². The summed E-state index contributed by atoms with van der Waals surface area (Å²) in [6.07, 6.45) is 2.98. The van der Waals surface area contributed by atoms with E-state index in [9.17, 15) is 14.4 Å². The fourth-order valence-electron chi connectivity index (χ4n) is 5.69. The summed E-state index contributed by atoms with van der Waals surface area (Å²) in [7, 11) is 0. The lowest BCUT2D eigenvalue weighted by Crippen LogP contribution is -2.58. The highest BCUT2D eigenvalue weighted by atomic mass is 16.5. The summed E-state index contributed by atoms with van der Waals surface area (Å²) < 4.78 is 11.6. The molecule has 0 N–H and O–H groups in total. The van der Waals surface area contributed by atoms with Gasteiger partial charge in [0.2, 0.25) is 0 Å². The fraction of sp³-hybridized carbons (Fsp3) is 0.565. The number of esters is 1. The first-order valence-electron chi connectivity index (χ1n) is 10.6. The van der Waals surface area contributed by atoms with Crippen LogP contribution in [0.5, 0.6) is 0 Å². The van der Waals surface area contributed by atoms with Crippen LogP contribution in [0.4, 0.5) is 0 Å². The number of Topliss-reactive ketones (excluding diaryl/α,β-unsaturated/α-hetero) is 2. The average molecular weight is 410 g/mol. The zero-order valence-corrected chi connectivity index (χ0v) is 17.5. The molecule has 7 heteroatoms. The van der Waals surface area contributed by atoms with E-state index in [-0.39, 0.29) is 48.2 Å². The maximum absolute atomic E-state index is 13.3. The predicted octanol–water partition coefficient (Wildman–Crippen LogP) is 2.61. The van der Waals surface area contributed by atoms with E-state index in [1.807, 2.05) is 4.90 Å². The Hall–Kier alpha value is -2.54. The molecule has 0 saturated carbocycles. The first kappa shape index (κ1) is 19.4. The molecule has 158 valence electrons. The first-order chi connectivity index (χ1) is 14.3. The van der Waals surface area contributed by atoms with Crippen molar-refractivity contribution in [2.75, 3.05) is 13.2 Å². The van der Waals surface area contributed by atoms with Crippen LogP contribution >= 0.6 is 0 Å². The molecule has 4 unspecified atom stereocenters. The van der Waals surface area contributed by atoms with Crippen LogP contribution in [0.1, 0.15) is 62.1 Å². The van der Waals surface area contributed by atoms with Crippen LogP contribution in [0.2, 0.25) is 0 Å². The Bertz CT molecular complexity index is 982. The first-order valence-corrected chi connectivity index (χ1v) is 10.6. The van der Waals surface area contributed by atoms with Crippen molar-refractivity contribution in [3.05, 3.63) is 40.9 Å². The predicted molar refractivity (Wildman–Crippen MR) is 106 cm³/mol. The molecule has 5 rings (SSSR count). The van der Waals surface area contributed by atoms with E-state index in [4.69, 9.17) is 9.47 Å². The lowest BCUT2D eigenvalue weighted by Gasteiger charge is -2.51. The van der Waals surface area contributed by atoms with Crippen molar-refractivity contribution < 1.29 is 23.9 Å². The number of carbonyl (C=O) groups is 3. The minimum Gasteiger partial charge on any atom is -0.493 e. The monoisotopic (exact) mass is 410 g/mol. The summed E-state index contributed by atoms with van der Waals surface area (Å²) in [6, 6.07) is 2.88. The van der Waals surface area contributed by atoms with E-state index in [1.54, 1.807) is 25.3 Å². The fourth-order valence-corrected chi connectivity index (χ4v) is 5.69. The topological polar surface area (TPSA) is 85.8 Å². The molecule has 1 aromatic rings. The zero-order chi connectivity index (χ0) is 21.2. The molecule has 7 nitrogen and oxygen atoms in total. The number of aromatic nitrogens is 1. The highest BCUT2D eigenvalue weighted by Crippen LogP contribution is 2.53. The Morgan fingerprint density at radius 2 is 2.13 bits per heavy atom. The van der Waals surface area contributed by atoms with Crippen LogP contribution in [0.3, 0.4) is 0 Å². The largest absolute Gasteiger partial charge is 0.493 e. The normalized spacial score (nSPS) is 31.6. The van der Waals surface area contributed by atoms with Gasteiger partial charge in [-0.15, -0.1) is 0 Å². The van der Waals surface area contributed by atoms with Gasteiger partial charge in [-0.3, -0.25) is 24.3 Å². The number of nitrogens with zero attached hydrogens (tertiary/aromatic N) is 2. The van der Waals surface area contributed by atoms with Crippen LogP contribution in [0.25, 0.3) is 0 Å². The van der Waals surface area contributed by atoms with Crippen molar-refractivity contribution in [2.24, 2.45) is 11.3 Å². The summed E-state index contributed by atoms with van der Waals surface area (Å²) in [5.74, 6) is -0.0199. The zero-order valence-electron chi connectivity index (χ0n) is 17.5. The second kappa shape index (κ2) is 6.74. The quantitative estimate of drug-likeness (QED) is 0.708. The lowest BCUT2D eigenvalue weighted by atomic mass is 9.70. The van der Waals surface area contributed by atoms with Gasteiger partial charge in [0.05, 0.1) is 36.4 Å². The molecular formula is C23H26N2O5. The van der Waals surface area contributed by atoms with Crippen molar-refractivity contribution in [3.8, 4) is 0 Å². The van der Waals surface area contributed by atoms with Crippen molar-refractivity contribution in [1.82, 2.24) is 9.88 Å². The molecule has 4 atom stereocenters. The van der Waals surface area contributed by atoms with Gasteiger partial charge < -0.3 is 9.47 Å². The highest BCUT2D eigenvalue weighted by molar-refractivity contribution is 6.04. The van der Waals surface area contributed by atoms with Gasteiger partial charge in [0.15, 0.2) is 11.6 Å². The van der Waals surface area contributed by atoms with Gasteiger partial charge in [-0.2, -0.15) is 0 Å². The standard InChI is InChI=1S/C23H26N2O5/c1-4-29-17(27)11-25-13-8-15(30-16-10-23(2,3)9-14(26)18(13)16)19-21(25)20-12(22(19)28)6-5-7-24-20/h5-7,13,15,19,21H,4,8-11H2,1-3H3. The summed E-state index contributed by atoms with van der Waals surface area (Å²) in [4.78, 5) is 45.4. The second-order valence-corrected chi connectivity index (χ2v) is 9.43. The Morgan fingerprint density at radius 1 is 1.33 bits per heavy atom. The third kappa shape index (κ3) is 2.82. The lowest BCUT2D eigenvalue weighted by molar-refractivity contribution is -0.150. The molecular weight excluding hydrogens is 384 g/mol. The van der Waals surface area contributed by atoms with Gasteiger partial charge in [0.1, 0.15) is 11.9 Å². The Kier molecular flexibility index (Phi) is 4.36. The van der Waals surface area contributed by atoms with E-state index in [0.717, 1.165) is 0 Å². The van der Waals surface area contributed by atoms with Crippen LogP contribution in [-0.4, -0.2) is 52.7 Å². The van der Waals surface area contributed by atoms with Gasteiger partial charge in [-0.1, -0.05) is 13.8 Å². The Balaban J connectivity index is 1.63. The third-order valence-electron chi connectivity index (χ3n) is 6.76. The molecule has 2 bridgehead atoms. The third-order valence-corrected chi connectivity index (χ3v) is 6.76. The van der Waals surface area contributed by atoms with Crippen molar-refractivity contribution in [2.45, 2.75) is 58.2 Å². The summed E-state index contributed by atoms with van der Waals surface area (Å²) in [5.41, 5.74) is 1.74. The number of hydrogen-bond acceptors (Lipinski definition) is 7. The number of ketones is 2. The van der Waals surface area contributed by atoms with Gasteiger partial charge in [-0.05, 0) is 24.5 Å². The minimum atomic E-state index is -0.435. The smallest absolute Gasteiger partial charge is 0.320 e. The summed E-state index contributed by atoms with van der Waals surface area (Å²) in [6.45, 7) is 6.18. The number of allylic oxidation sites excluding steroid dienone is 1.